The van der Waals surface area contributed by atoms with Crippen molar-refractivity contribution in [3.05, 3.63) is 62.9 Å². The van der Waals surface area contributed by atoms with Crippen LogP contribution in [0.1, 0.15) is 15.9 Å². The number of anilines is 1. The van der Waals surface area contributed by atoms with E-state index in [2.05, 4.69) is 10.3 Å². The van der Waals surface area contributed by atoms with Crippen LogP contribution in [-0.2, 0) is 0 Å². The van der Waals surface area contributed by atoms with Crippen molar-refractivity contribution in [3.8, 4) is 0 Å². The number of halogens is 1. The second-order valence-electron chi connectivity index (χ2n) is 4.10. The van der Waals surface area contributed by atoms with Crippen LogP contribution in [0.15, 0.2) is 36.5 Å². The molecule has 0 aliphatic rings. The summed E-state index contributed by atoms with van der Waals surface area (Å²) in [5.41, 5.74) is 0.999. The van der Waals surface area contributed by atoms with Crippen LogP contribution in [0.2, 0.25) is 5.15 Å². The van der Waals surface area contributed by atoms with E-state index < -0.39 is 10.8 Å². The first-order valence-electron chi connectivity index (χ1n) is 5.65. The number of nitro groups is 1. The van der Waals surface area contributed by atoms with E-state index in [0.29, 0.717) is 0 Å². The van der Waals surface area contributed by atoms with Crippen molar-refractivity contribution in [1.82, 2.24) is 4.98 Å². The van der Waals surface area contributed by atoms with Gasteiger partial charge in [-0.3, -0.25) is 14.9 Å². The van der Waals surface area contributed by atoms with Crippen molar-refractivity contribution in [2.24, 2.45) is 0 Å². The molecule has 0 radical (unpaired) electrons. The third kappa shape index (κ3) is 3.10. The van der Waals surface area contributed by atoms with Gasteiger partial charge in [0.25, 0.3) is 11.6 Å². The molecule has 1 amide bonds. The molecule has 0 unspecified atom stereocenters. The van der Waals surface area contributed by atoms with Crippen molar-refractivity contribution in [3.63, 3.8) is 0 Å². The Morgan fingerprint density at radius 3 is 2.75 bits per heavy atom. The largest absolute Gasteiger partial charge is 0.316 e. The smallest absolute Gasteiger partial charge is 0.293 e. The highest BCUT2D eigenvalue weighted by Gasteiger charge is 2.16. The fourth-order valence-corrected chi connectivity index (χ4v) is 1.81. The zero-order valence-electron chi connectivity index (χ0n) is 10.5. The number of carbonyl (C=O) groups is 1. The lowest BCUT2D eigenvalue weighted by molar-refractivity contribution is -0.384. The van der Waals surface area contributed by atoms with Crippen LogP contribution in [0.3, 0.4) is 0 Å². The molecule has 0 aliphatic carbocycles. The molecule has 0 spiro atoms. The number of pyridine rings is 1. The number of aryl methyl sites for hydroxylation is 1. The number of hydrogen-bond donors (Lipinski definition) is 1. The van der Waals surface area contributed by atoms with Gasteiger partial charge in [0.2, 0.25) is 0 Å². The maximum absolute atomic E-state index is 12.0. The van der Waals surface area contributed by atoms with Gasteiger partial charge >= 0.3 is 0 Å². The summed E-state index contributed by atoms with van der Waals surface area (Å²) in [4.78, 5) is 26.2. The summed E-state index contributed by atoms with van der Waals surface area (Å²) < 4.78 is 0. The van der Waals surface area contributed by atoms with Crippen LogP contribution in [0, 0.1) is 17.0 Å². The summed E-state index contributed by atoms with van der Waals surface area (Å²) in [7, 11) is 0. The highest BCUT2D eigenvalue weighted by atomic mass is 35.5. The van der Waals surface area contributed by atoms with E-state index in [-0.39, 0.29) is 22.1 Å². The number of nitrogens with zero attached hydrogens (tertiary/aromatic N) is 2. The highest BCUT2D eigenvalue weighted by molar-refractivity contribution is 6.29. The number of carbonyl (C=O) groups excluding carboxylic acids is 1. The predicted molar refractivity (Wildman–Crippen MR) is 75.0 cm³/mol. The van der Waals surface area contributed by atoms with Gasteiger partial charge in [-0.1, -0.05) is 17.7 Å². The fraction of sp³-hybridized carbons (Fsp3) is 0.0769. The third-order valence-electron chi connectivity index (χ3n) is 2.59. The minimum Gasteiger partial charge on any atom is -0.316 e. The number of nitro benzene ring substituents is 1. The highest BCUT2D eigenvalue weighted by Crippen LogP contribution is 2.25. The summed E-state index contributed by atoms with van der Waals surface area (Å²) in [5.74, 6) is -0.485. The Hall–Kier alpha value is -2.47. The number of amides is 1. The van der Waals surface area contributed by atoms with Gasteiger partial charge in [-0.05, 0) is 30.7 Å². The Labute approximate surface area is 119 Å². The van der Waals surface area contributed by atoms with E-state index in [1.807, 2.05) is 0 Å². The lowest BCUT2D eigenvalue weighted by Gasteiger charge is -2.06. The predicted octanol–water partition coefficient (Wildman–Crippen LogP) is 3.20. The van der Waals surface area contributed by atoms with Crippen molar-refractivity contribution < 1.29 is 9.72 Å². The molecule has 0 fully saturated rings. The SMILES string of the molecule is Cc1ccc(NC(=O)c2ccnc(Cl)c2)c([N+](=O)[O-])c1. The minimum atomic E-state index is -0.540. The number of benzene rings is 1. The lowest BCUT2D eigenvalue weighted by atomic mass is 10.2. The molecule has 1 N–H and O–H groups in total. The van der Waals surface area contributed by atoms with Crippen LogP contribution in [0.4, 0.5) is 11.4 Å². The van der Waals surface area contributed by atoms with E-state index in [1.165, 1.54) is 30.5 Å². The van der Waals surface area contributed by atoms with Crippen molar-refractivity contribution in [2.45, 2.75) is 6.92 Å². The first-order valence-corrected chi connectivity index (χ1v) is 6.03. The Kier molecular flexibility index (Phi) is 3.95. The molecule has 102 valence electrons. The molecule has 6 nitrogen and oxygen atoms in total. The summed E-state index contributed by atoms with van der Waals surface area (Å²) in [6, 6.07) is 7.43. The van der Waals surface area contributed by atoms with E-state index in [4.69, 9.17) is 11.6 Å². The first kappa shape index (κ1) is 14.0. The van der Waals surface area contributed by atoms with Gasteiger partial charge in [0.15, 0.2) is 0 Å². The molecule has 0 atom stereocenters. The normalized spacial score (nSPS) is 10.1. The van der Waals surface area contributed by atoms with Crippen LogP contribution < -0.4 is 5.32 Å². The summed E-state index contributed by atoms with van der Waals surface area (Å²) in [6.07, 6.45) is 1.39. The van der Waals surface area contributed by atoms with Crippen molar-refractivity contribution in [2.75, 3.05) is 5.32 Å². The molecule has 1 aromatic heterocycles. The second kappa shape index (κ2) is 5.66. The van der Waals surface area contributed by atoms with Gasteiger partial charge in [0.1, 0.15) is 10.8 Å². The Balaban J connectivity index is 2.30. The van der Waals surface area contributed by atoms with Crippen LogP contribution in [0.5, 0.6) is 0 Å². The molecular formula is C13H10ClN3O3. The zero-order valence-corrected chi connectivity index (χ0v) is 11.2. The number of hydrogen-bond acceptors (Lipinski definition) is 4. The molecule has 0 saturated heterocycles. The number of rotatable bonds is 3. The quantitative estimate of drug-likeness (QED) is 0.534. The summed E-state index contributed by atoms with van der Waals surface area (Å²) >= 11 is 5.70. The van der Waals surface area contributed by atoms with Gasteiger partial charge in [-0.2, -0.15) is 0 Å². The van der Waals surface area contributed by atoms with Gasteiger partial charge in [0.05, 0.1) is 4.92 Å². The van der Waals surface area contributed by atoms with Crippen LogP contribution in [0.25, 0.3) is 0 Å². The molecule has 0 bridgehead atoms. The van der Waals surface area contributed by atoms with E-state index in [1.54, 1.807) is 13.0 Å². The number of aromatic nitrogens is 1. The second-order valence-corrected chi connectivity index (χ2v) is 4.49. The van der Waals surface area contributed by atoms with Crippen molar-refractivity contribution >= 4 is 28.9 Å². The van der Waals surface area contributed by atoms with Gasteiger partial charge < -0.3 is 5.32 Å². The molecule has 0 aliphatic heterocycles. The van der Waals surface area contributed by atoms with E-state index >= 15 is 0 Å². The standard InChI is InChI=1S/C13H10ClN3O3/c1-8-2-3-10(11(6-8)17(19)20)16-13(18)9-4-5-15-12(14)7-9/h2-7H,1H3,(H,16,18). The summed E-state index contributed by atoms with van der Waals surface area (Å²) in [6.45, 7) is 1.74. The van der Waals surface area contributed by atoms with Crippen LogP contribution in [-0.4, -0.2) is 15.8 Å². The average Bonchev–Trinajstić information content (AvgIpc) is 2.40. The topological polar surface area (TPSA) is 85.1 Å². The Morgan fingerprint density at radius 1 is 1.35 bits per heavy atom. The minimum absolute atomic E-state index is 0.138. The van der Waals surface area contributed by atoms with Gasteiger partial charge in [-0.25, -0.2) is 4.98 Å². The average molecular weight is 292 g/mol. The van der Waals surface area contributed by atoms with Gasteiger partial charge in [-0.15, -0.1) is 0 Å². The monoisotopic (exact) mass is 291 g/mol. The van der Waals surface area contributed by atoms with E-state index in [0.717, 1.165) is 5.56 Å². The molecule has 2 aromatic rings. The van der Waals surface area contributed by atoms with Gasteiger partial charge in [0, 0.05) is 17.8 Å². The summed E-state index contributed by atoms with van der Waals surface area (Å²) in [5, 5.41) is 13.6. The molecule has 7 heteroatoms. The maximum Gasteiger partial charge on any atom is 0.293 e. The molecule has 0 saturated carbocycles. The molecule has 1 heterocycles. The molecule has 2 rings (SSSR count). The Bertz CT molecular complexity index is 688. The first-order chi connectivity index (χ1) is 9.47. The van der Waals surface area contributed by atoms with Crippen LogP contribution >= 0.6 is 11.6 Å². The molecule has 1 aromatic carbocycles. The number of nitrogens with one attached hydrogen (secondary N) is 1. The zero-order chi connectivity index (χ0) is 14.7. The molecular weight excluding hydrogens is 282 g/mol. The Morgan fingerprint density at radius 2 is 2.10 bits per heavy atom. The van der Waals surface area contributed by atoms with E-state index in [9.17, 15) is 14.9 Å². The maximum atomic E-state index is 12.0. The third-order valence-corrected chi connectivity index (χ3v) is 2.79. The molecule has 20 heavy (non-hydrogen) atoms. The fourth-order valence-electron chi connectivity index (χ4n) is 1.64. The van der Waals surface area contributed by atoms with Crippen molar-refractivity contribution in [1.29, 1.82) is 0 Å². The lowest BCUT2D eigenvalue weighted by Crippen LogP contribution is -2.13.